The average molecular weight is 674 g/mol. The van der Waals surface area contributed by atoms with Gasteiger partial charge in [0.25, 0.3) is 0 Å². The molecule has 268 valence electrons. The Morgan fingerprint density at radius 2 is 1.20 bits per heavy atom. The van der Waals surface area contributed by atoms with Gasteiger partial charge < -0.3 is 84.4 Å². The van der Waals surface area contributed by atoms with Crippen LogP contribution < -0.4 is 5.32 Å². The number of methoxy groups -OCH3 is 1. The Morgan fingerprint density at radius 1 is 0.652 bits per heavy atom. The third kappa shape index (κ3) is 9.49. The molecule has 10 N–H and O–H groups in total. The zero-order chi connectivity index (χ0) is 34.1. The molecule has 15 atom stereocenters. The SMILES string of the molecule is COC(=O)CCCCCO[C@H]1O[C@H](CO)[C@H](O)[C@H](O[C@@H]2O[C@H](CO)[C@H](O[C@H]3O[C@H](CO)[C@H](O)[C@H](O)[C@H]3O)[C@H](O)[C@H]2O)[C@H]1NC(C)=O. The molecule has 3 aliphatic heterocycles. The summed E-state index contributed by atoms with van der Waals surface area (Å²) in [4.78, 5) is 23.4. The van der Waals surface area contributed by atoms with Crippen LogP contribution in [0.3, 0.4) is 0 Å². The fourth-order valence-corrected chi connectivity index (χ4v) is 5.43. The maximum Gasteiger partial charge on any atom is 0.305 e. The van der Waals surface area contributed by atoms with Gasteiger partial charge in [-0.15, -0.1) is 0 Å². The highest BCUT2D eigenvalue weighted by Crippen LogP contribution is 2.32. The number of aliphatic hydroxyl groups is 9. The van der Waals surface area contributed by atoms with Gasteiger partial charge in [0.15, 0.2) is 18.9 Å². The summed E-state index contributed by atoms with van der Waals surface area (Å²) in [5.41, 5.74) is 0. The van der Waals surface area contributed by atoms with E-state index in [1.165, 1.54) is 14.0 Å². The van der Waals surface area contributed by atoms with Gasteiger partial charge in [-0.05, 0) is 12.8 Å². The first-order chi connectivity index (χ1) is 21.9. The first kappa shape index (κ1) is 38.8. The summed E-state index contributed by atoms with van der Waals surface area (Å²) < 4.78 is 38.5. The van der Waals surface area contributed by atoms with Gasteiger partial charge in [-0.2, -0.15) is 0 Å². The molecule has 0 aromatic heterocycles. The first-order valence-electron chi connectivity index (χ1n) is 15.0. The van der Waals surface area contributed by atoms with Crippen LogP contribution in [-0.4, -0.2) is 183 Å². The van der Waals surface area contributed by atoms with E-state index in [0.717, 1.165) is 0 Å². The van der Waals surface area contributed by atoms with Gasteiger partial charge in [0, 0.05) is 20.0 Å². The fourth-order valence-electron chi connectivity index (χ4n) is 5.43. The van der Waals surface area contributed by atoms with E-state index < -0.39 is 118 Å². The van der Waals surface area contributed by atoms with Crippen LogP contribution in [0.15, 0.2) is 0 Å². The molecule has 0 aliphatic carbocycles. The minimum Gasteiger partial charge on any atom is -0.469 e. The van der Waals surface area contributed by atoms with E-state index in [4.69, 9.17) is 28.4 Å². The maximum absolute atomic E-state index is 12.1. The number of hydrogen-bond donors (Lipinski definition) is 10. The summed E-state index contributed by atoms with van der Waals surface area (Å²) in [5.74, 6) is -0.927. The Kier molecular flexibility index (Phi) is 15.3. The first-order valence-corrected chi connectivity index (χ1v) is 15.0. The molecular formula is C27H47NO18. The van der Waals surface area contributed by atoms with Crippen LogP contribution in [0.25, 0.3) is 0 Å². The maximum atomic E-state index is 12.1. The molecule has 0 radical (unpaired) electrons. The molecule has 0 unspecified atom stereocenters. The molecule has 0 bridgehead atoms. The van der Waals surface area contributed by atoms with Crippen LogP contribution in [-0.2, 0) is 42.7 Å². The largest absolute Gasteiger partial charge is 0.469 e. The second-order valence-corrected chi connectivity index (χ2v) is 11.3. The second kappa shape index (κ2) is 18.2. The van der Waals surface area contributed by atoms with Crippen LogP contribution in [0.5, 0.6) is 0 Å². The Hall–Kier alpha value is -1.66. The lowest BCUT2D eigenvalue weighted by Gasteiger charge is -2.48. The zero-order valence-corrected chi connectivity index (χ0v) is 25.5. The predicted octanol–water partition coefficient (Wildman–Crippen LogP) is -5.67. The van der Waals surface area contributed by atoms with E-state index >= 15 is 0 Å². The molecule has 0 saturated carbocycles. The van der Waals surface area contributed by atoms with Crippen LogP contribution in [0.2, 0.25) is 0 Å². The van der Waals surface area contributed by atoms with Crippen molar-refractivity contribution in [1.82, 2.24) is 5.32 Å². The Balaban J connectivity index is 1.72. The lowest BCUT2D eigenvalue weighted by molar-refractivity contribution is -0.373. The van der Waals surface area contributed by atoms with E-state index in [1.807, 2.05) is 0 Å². The van der Waals surface area contributed by atoms with Crippen molar-refractivity contribution in [2.45, 2.75) is 125 Å². The lowest BCUT2D eigenvalue weighted by atomic mass is 9.95. The van der Waals surface area contributed by atoms with Gasteiger partial charge in [-0.1, -0.05) is 6.42 Å². The highest BCUT2D eigenvalue weighted by atomic mass is 16.8. The summed E-state index contributed by atoms with van der Waals surface area (Å²) in [6.07, 6.45) is -20.9. The van der Waals surface area contributed by atoms with Crippen molar-refractivity contribution in [3.8, 4) is 0 Å². The molecule has 0 aromatic rings. The second-order valence-electron chi connectivity index (χ2n) is 11.3. The fraction of sp³-hybridized carbons (Fsp3) is 0.926. The van der Waals surface area contributed by atoms with E-state index in [2.05, 4.69) is 10.1 Å². The van der Waals surface area contributed by atoms with Crippen molar-refractivity contribution < 1.29 is 88.7 Å². The van der Waals surface area contributed by atoms with Crippen molar-refractivity contribution in [3.05, 3.63) is 0 Å². The minimum atomic E-state index is -1.94. The van der Waals surface area contributed by atoms with Crippen molar-refractivity contribution >= 4 is 11.9 Å². The molecule has 3 heterocycles. The topological polar surface area (TPSA) is 293 Å². The number of hydrogen-bond acceptors (Lipinski definition) is 18. The molecule has 1 amide bonds. The van der Waals surface area contributed by atoms with Crippen molar-refractivity contribution in [2.75, 3.05) is 33.5 Å². The molecule has 3 rings (SSSR count). The third-order valence-corrected chi connectivity index (χ3v) is 8.01. The quantitative estimate of drug-likeness (QED) is 0.0572. The highest BCUT2D eigenvalue weighted by Gasteiger charge is 2.54. The summed E-state index contributed by atoms with van der Waals surface area (Å²) in [6.45, 7) is -1.01. The zero-order valence-electron chi connectivity index (χ0n) is 25.5. The summed E-state index contributed by atoms with van der Waals surface area (Å²) in [7, 11) is 1.29. The number of ether oxygens (including phenoxy) is 7. The number of carbonyl (C=O) groups excluding carboxylic acids is 2. The van der Waals surface area contributed by atoms with Crippen molar-refractivity contribution in [1.29, 1.82) is 0 Å². The molecule has 3 aliphatic rings. The standard InChI is InChI=1S/C27H47NO18/c1-11(32)28-16-24(18(35)13(9-30)42-25(16)41-7-5-3-4-6-15(33)40-2)46-27-22(39)20(37)23(14(10-31)44-27)45-26-21(38)19(36)17(34)12(8-29)43-26/h12-14,16-27,29-31,34-39H,3-10H2,1-2H3,(H,28,32)/t12-,13-,14-,16-,17+,18+,19+,20-,21-,22-,23+,24-,25+,26-,27+/m1/s1. The summed E-state index contributed by atoms with van der Waals surface area (Å²) >= 11 is 0. The van der Waals surface area contributed by atoms with Crippen molar-refractivity contribution in [3.63, 3.8) is 0 Å². The smallest absolute Gasteiger partial charge is 0.305 e. The highest BCUT2D eigenvalue weighted by molar-refractivity contribution is 5.73. The Morgan fingerprint density at radius 3 is 1.78 bits per heavy atom. The molecule has 3 saturated heterocycles. The number of unbranched alkanes of at least 4 members (excludes halogenated alkanes) is 2. The Labute approximate surface area is 264 Å². The number of esters is 1. The van der Waals surface area contributed by atoms with Crippen molar-refractivity contribution in [2.24, 2.45) is 0 Å². The number of amides is 1. The molecule has 0 spiro atoms. The van der Waals surface area contributed by atoms with E-state index in [-0.39, 0.29) is 19.0 Å². The van der Waals surface area contributed by atoms with Gasteiger partial charge in [0.1, 0.15) is 73.2 Å². The number of aliphatic hydroxyl groups excluding tert-OH is 9. The van der Waals surface area contributed by atoms with Crippen LogP contribution >= 0.6 is 0 Å². The predicted molar refractivity (Wildman–Crippen MR) is 147 cm³/mol. The molecular weight excluding hydrogens is 626 g/mol. The summed E-state index contributed by atoms with van der Waals surface area (Å²) in [5, 5.41) is 95.2. The van der Waals surface area contributed by atoms with Gasteiger partial charge in [-0.25, -0.2) is 0 Å². The monoisotopic (exact) mass is 673 g/mol. The van der Waals surface area contributed by atoms with Gasteiger partial charge in [0.2, 0.25) is 5.91 Å². The molecule has 46 heavy (non-hydrogen) atoms. The van der Waals surface area contributed by atoms with Gasteiger partial charge in [0.05, 0.1) is 26.9 Å². The van der Waals surface area contributed by atoms with E-state index in [1.54, 1.807) is 0 Å². The number of nitrogens with one attached hydrogen (secondary N) is 1. The lowest BCUT2D eigenvalue weighted by Crippen LogP contribution is -2.68. The third-order valence-electron chi connectivity index (χ3n) is 8.01. The van der Waals surface area contributed by atoms with Crippen LogP contribution in [0, 0.1) is 0 Å². The van der Waals surface area contributed by atoms with Crippen LogP contribution in [0.4, 0.5) is 0 Å². The van der Waals surface area contributed by atoms with E-state index in [0.29, 0.717) is 19.3 Å². The van der Waals surface area contributed by atoms with E-state index in [9.17, 15) is 55.5 Å². The normalized spacial score (nSPS) is 41.6. The minimum absolute atomic E-state index is 0.0910. The van der Waals surface area contributed by atoms with Gasteiger partial charge in [-0.3, -0.25) is 9.59 Å². The Bertz CT molecular complexity index is 942. The molecule has 19 nitrogen and oxygen atoms in total. The number of carbonyl (C=O) groups is 2. The van der Waals surface area contributed by atoms with Crippen LogP contribution in [0.1, 0.15) is 32.6 Å². The molecule has 0 aromatic carbocycles. The molecule has 3 fully saturated rings. The number of rotatable bonds is 15. The molecule has 19 heteroatoms. The van der Waals surface area contributed by atoms with Gasteiger partial charge >= 0.3 is 5.97 Å². The summed E-state index contributed by atoms with van der Waals surface area (Å²) in [6, 6.07) is -1.23. The average Bonchev–Trinajstić information content (AvgIpc) is 3.04.